The van der Waals surface area contributed by atoms with Crippen LogP contribution in [0, 0.1) is 18.6 Å². The van der Waals surface area contributed by atoms with E-state index in [4.69, 9.17) is 4.74 Å². The van der Waals surface area contributed by atoms with Crippen molar-refractivity contribution in [1.82, 2.24) is 29.7 Å². The van der Waals surface area contributed by atoms with Crippen molar-refractivity contribution in [2.24, 2.45) is 0 Å². The summed E-state index contributed by atoms with van der Waals surface area (Å²) in [6.07, 6.45) is 1.21. The van der Waals surface area contributed by atoms with Crippen LogP contribution < -0.4 is 10.1 Å². The number of rotatable bonds is 7. The van der Waals surface area contributed by atoms with Crippen LogP contribution in [0.4, 0.5) is 20.3 Å². The Bertz CT molecular complexity index is 1500. The van der Waals surface area contributed by atoms with E-state index >= 15 is 4.39 Å². The summed E-state index contributed by atoms with van der Waals surface area (Å²) in [4.78, 5) is 30.4. The highest BCUT2D eigenvalue weighted by Gasteiger charge is 2.25. The third kappa shape index (κ3) is 5.69. The lowest BCUT2D eigenvalue weighted by Crippen LogP contribution is -2.43. The Morgan fingerprint density at radius 1 is 1.10 bits per heavy atom. The van der Waals surface area contributed by atoms with Crippen LogP contribution in [0.1, 0.15) is 21.6 Å². The highest BCUT2D eigenvalue weighted by atomic mass is 19.1. The molecule has 9 nitrogen and oxygen atoms in total. The predicted octanol–water partition coefficient (Wildman–Crippen LogP) is 4.53. The SMILES string of the molecule is Cc1cc2c(F)c(Oc3ncnc(Nc4ccc(CN5CCN(C)CC5)cc4)c3C(=O)N(C)C)cc(F)c2[nH]1. The van der Waals surface area contributed by atoms with Crippen LogP contribution in [0.2, 0.25) is 0 Å². The third-order valence-electron chi connectivity index (χ3n) is 6.76. The van der Waals surface area contributed by atoms with Gasteiger partial charge in [-0.25, -0.2) is 18.7 Å². The number of hydrogen-bond donors (Lipinski definition) is 2. The topological polar surface area (TPSA) is 89.6 Å². The molecule has 1 fully saturated rings. The van der Waals surface area contributed by atoms with E-state index in [2.05, 4.69) is 37.1 Å². The number of halogens is 2. The molecule has 39 heavy (non-hydrogen) atoms. The molecule has 1 aliphatic heterocycles. The Morgan fingerprint density at radius 3 is 2.51 bits per heavy atom. The lowest BCUT2D eigenvalue weighted by atomic mass is 10.1. The van der Waals surface area contributed by atoms with Gasteiger partial charge in [0.2, 0.25) is 5.88 Å². The molecule has 4 aromatic rings. The van der Waals surface area contributed by atoms with Gasteiger partial charge in [0.25, 0.3) is 5.91 Å². The average molecular weight is 536 g/mol. The van der Waals surface area contributed by atoms with E-state index in [1.54, 1.807) is 21.0 Å². The highest BCUT2D eigenvalue weighted by Crippen LogP contribution is 2.35. The van der Waals surface area contributed by atoms with Gasteiger partial charge in [-0.1, -0.05) is 12.1 Å². The van der Waals surface area contributed by atoms with Gasteiger partial charge in [-0.2, -0.15) is 0 Å². The van der Waals surface area contributed by atoms with Crippen molar-refractivity contribution in [2.45, 2.75) is 13.5 Å². The predicted molar refractivity (Wildman–Crippen MR) is 146 cm³/mol. The fourth-order valence-electron chi connectivity index (χ4n) is 4.56. The summed E-state index contributed by atoms with van der Waals surface area (Å²) in [6.45, 7) is 6.71. The molecule has 1 saturated heterocycles. The van der Waals surface area contributed by atoms with E-state index in [1.807, 2.05) is 24.3 Å². The number of hydrogen-bond acceptors (Lipinski definition) is 7. The van der Waals surface area contributed by atoms with Gasteiger partial charge in [0.1, 0.15) is 11.9 Å². The number of H-pyrrole nitrogens is 1. The number of aromatic nitrogens is 3. The second kappa shape index (κ2) is 11.0. The quantitative estimate of drug-likeness (QED) is 0.360. The van der Waals surface area contributed by atoms with Crippen LogP contribution in [0.3, 0.4) is 0 Å². The number of amides is 1. The Balaban J connectivity index is 1.42. The van der Waals surface area contributed by atoms with Crippen molar-refractivity contribution in [3.63, 3.8) is 0 Å². The fraction of sp³-hybridized carbons (Fsp3) is 0.321. The number of aryl methyl sites for hydroxylation is 1. The Labute approximate surface area is 225 Å². The third-order valence-corrected chi connectivity index (χ3v) is 6.76. The lowest BCUT2D eigenvalue weighted by Gasteiger charge is -2.32. The van der Waals surface area contributed by atoms with E-state index in [1.165, 1.54) is 22.9 Å². The molecule has 0 bridgehead atoms. The summed E-state index contributed by atoms with van der Waals surface area (Å²) in [6, 6.07) is 10.3. The first-order chi connectivity index (χ1) is 18.7. The van der Waals surface area contributed by atoms with Crippen molar-refractivity contribution in [3.8, 4) is 11.6 Å². The summed E-state index contributed by atoms with van der Waals surface area (Å²) in [5.74, 6) is -2.29. The zero-order valence-corrected chi connectivity index (χ0v) is 22.4. The first-order valence-corrected chi connectivity index (χ1v) is 12.7. The molecule has 0 aliphatic carbocycles. The summed E-state index contributed by atoms with van der Waals surface area (Å²) < 4.78 is 35.7. The molecular weight excluding hydrogens is 504 g/mol. The van der Waals surface area contributed by atoms with Gasteiger partial charge in [0, 0.05) is 69.7 Å². The van der Waals surface area contributed by atoms with Crippen molar-refractivity contribution in [2.75, 3.05) is 52.6 Å². The van der Waals surface area contributed by atoms with Crippen LogP contribution in [-0.2, 0) is 6.54 Å². The van der Waals surface area contributed by atoms with Crippen LogP contribution in [0.5, 0.6) is 11.6 Å². The van der Waals surface area contributed by atoms with Crippen LogP contribution in [-0.4, -0.2) is 82.9 Å². The molecule has 2 aromatic heterocycles. The fourth-order valence-corrected chi connectivity index (χ4v) is 4.56. The normalized spacial score (nSPS) is 14.5. The lowest BCUT2D eigenvalue weighted by molar-refractivity contribution is 0.0825. The van der Waals surface area contributed by atoms with Gasteiger partial charge in [0.05, 0.1) is 5.52 Å². The summed E-state index contributed by atoms with van der Waals surface area (Å²) in [7, 11) is 5.28. The maximum absolute atomic E-state index is 15.2. The number of likely N-dealkylation sites (N-methyl/N-ethyl adjacent to an activating group) is 1. The summed E-state index contributed by atoms with van der Waals surface area (Å²) >= 11 is 0. The van der Waals surface area contributed by atoms with Gasteiger partial charge in [-0.3, -0.25) is 9.69 Å². The van der Waals surface area contributed by atoms with Crippen LogP contribution in [0.25, 0.3) is 10.9 Å². The molecule has 3 heterocycles. The standard InChI is InChI=1S/C28H31F2N7O2/c1-17-13-20-24(30)22(14-21(29)25(20)33-17)39-27-23(28(38)35(2)3)26(31-16-32-27)34-19-7-5-18(6-8-19)15-37-11-9-36(4)10-12-37/h5-8,13-14,16,33H,9-12,15H2,1-4H3,(H,31,32,34). The smallest absolute Gasteiger partial charge is 0.262 e. The monoisotopic (exact) mass is 535 g/mol. The summed E-state index contributed by atoms with van der Waals surface area (Å²) in [5, 5.41) is 3.21. The molecule has 5 rings (SSSR count). The number of benzene rings is 2. The number of nitrogens with zero attached hydrogens (tertiary/aromatic N) is 5. The number of aromatic amines is 1. The second-order valence-corrected chi connectivity index (χ2v) is 10.0. The van der Waals surface area contributed by atoms with Gasteiger partial charge in [0.15, 0.2) is 23.2 Å². The molecule has 0 atom stereocenters. The first kappa shape index (κ1) is 26.5. The molecule has 1 amide bonds. The van der Waals surface area contributed by atoms with Crippen LogP contribution in [0.15, 0.2) is 42.7 Å². The van der Waals surface area contributed by atoms with Crippen molar-refractivity contribution in [3.05, 3.63) is 71.2 Å². The number of fused-ring (bicyclic) bond motifs is 1. The summed E-state index contributed by atoms with van der Waals surface area (Å²) in [5.41, 5.74) is 2.52. The largest absolute Gasteiger partial charge is 0.435 e. The molecule has 11 heteroatoms. The van der Waals surface area contributed by atoms with Crippen molar-refractivity contribution in [1.29, 1.82) is 0 Å². The van der Waals surface area contributed by atoms with E-state index in [0.29, 0.717) is 11.4 Å². The minimum atomic E-state index is -0.761. The zero-order chi connectivity index (χ0) is 27.7. The Kier molecular flexibility index (Phi) is 7.45. The van der Waals surface area contributed by atoms with Crippen molar-refractivity contribution >= 4 is 28.3 Å². The van der Waals surface area contributed by atoms with Gasteiger partial charge in [-0.05, 0) is 37.7 Å². The van der Waals surface area contributed by atoms with E-state index < -0.39 is 17.5 Å². The van der Waals surface area contributed by atoms with Gasteiger partial charge < -0.3 is 24.8 Å². The maximum Gasteiger partial charge on any atom is 0.262 e. The van der Waals surface area contributed by atoms with E-state index in [-0.39, 0.29) is 33.9 Å². The second-order valence-electron chi connectivity index (χ2n) is 10.0. The van der Waals surface area contributed by atoms with Gasteiger partial charge >= 0.3 is 0 Å². The first-order valence-electron chi connectivity index (χ1n) is 12.7. The van der Waals surface area contributed by atoms with Crippen LogP contribution >= 0.6 is 0 Å². The number of nitrogens with one attached hydrogen (secondary N) is 2. The number of carbonyl (C=O) groups is 1. The molecule has 204 valence electrons. The molecule has 2 aromatic carbocycles. The van der Waals surface area contributed by atoms with E-state index in [9.17, 15) is 9.18 Å². The Hall–Kier alpha value is -4.09. The van der Waals surface area contributed by atoms with Crippen molar-refractivity contribution < 1.29 is 18.3 Å². The molecule has 1 aliphatic rings. The molecule has 2 N–H and O–H groups in total. The number of anilines is 2. The molecule has 0 saturated carbocycles. The minimum absolute atomic E-state index is 0.00540. The number of piperazine rings is 1. The highest BCUT2D eigenvalue weighted by molar-refractivity contribution is 6.01. The van der Waals surface area contributed by atoms with E-state index in [0.717, 1.165) is 38.8 Å². The Morgan fingerprint density at radius 2 is 1.82 bits per heavy atom. The number of carbonyl (C=O) groups excluding carboxylic acids is 1. The van der Waals surface area contributed by atoms with Gasteiger partial charge in [-0.15, -0.1) is 0 Å². The molecule has 0 unspecified atom stereocenters. The molecule has 0 radical (unpaired) electrons. The maximum atomic E-state index is 15.2. The zero-order valence-electron chi connectivity index (χ0n) is 22.4. The molecular formula is C28H31F2N7O2. The minimum Gasteiger partial charge on any atom is -0.435 e. The molecule has 0 spiro atoms. The average Bonchev–Trinajstić information content (AvgIpc) is 3.32. The number of ether oxygens (including phenoxy) is 1.